The molecule has 32 heavy (non-hydrogen) atoms. The van der Waals surface area contributed by atoms with Crippen LogP contribution in [0, 0.1) is 5.92 Å². The maximum atomic E-state index is 12.7. The highest BCUT2D eigenvalue weighted by molar-refractivity contribution is 5.94. The van der Waals surface area contributed by atoms with E-state index in [0.29, 0.717) is 12.1 Å². The molecule has 0 bridgehead atoms. The molecule has 0 radical (unpaired) electrons. The summed E-state index contributed by atoms with van der Waals surface area (Å²) in [6.45, 7) is 2.87. The van der Waals surface area contributed by atoms with Gasteiger partial charge >= 0.3 is 0 Å². The van der Waals surface area contributed by atoms with Crippen LogP contribution in [0.15, 0.2) is 91.0 Å². The van der Waals surface area contributed by atoms with Gasteiger partial charge in [-0.25, -0.2) is 0 Å². The molecule has 1 aliphatic carbocycles. The summed E-state index contributed by atoms with van der Waals surface area (Å²) >= 11 is 0. The van der Waals surface area contributed by atoms with Crippen molar-refractivity contribution >= 4 is 5.91 Å². The first-order valence-electron chi connectivity index (χ1n) is 11.4. The zero-order chi connectivity index (χ0) is 21.9. The Kier molecular flexibility index (Phi) is 5.64. The van der Waals surface area contributed by atoms with Crippen LogP contribution < -0.4 is 5.32 Å². The minimum atomic E-state index is -0.0490. The first kappa shape index (κ1) is 20.3. The van der Waals surface area contributed by atoms with Crippen LogP contribution in [0.1, 0.15) is 40.5 Å². The Bertz CT molecular complexity index is 1210. The molecule has 1 amide bonds. The molecule has 1 aliphatic rings. The molecule has 4 aromatic rings. The van der Waals surface area contributed by atoms with E-state index >= 15 is 0 Å². The van der Waals surface area contributed by atoms with E-state index in [1.54, 1.807) is 0 Å². The van der Waals surface area contributed by atoms with Crippen molar-refractivity contribution in [2.24, 2.45) is 5.92 Å². The summed E-state index contributed by atoms with van der Waals surface area (Å²) in [6.07, 6.45) is 3.43. The summed E-state index contributed by atoms with van der Waals surface area (Å²) in [4.78, 5) is 12.7. The van der Waals surface area contributed by atoms with E-state index in [-0.39, 0.29) is 5.91 Å². The number of fused-ring (bicyclic) bond motifs is 1. The maximum Gasteiger partial charge on any atom is 0.251 e. The zero-order valence-corrected chi connectivity index (χ0v) is 18.4. The Morgan fingerprint density at radius 2 is 1.62 bits per heavy atom. The Labute approximate surface area is 189 Å². The molecule has 1 N–H and O–H groups in total. The summed E-state index contributed by atoms with van der Waals surface area (Å²) < 4.78 is 2.39. The first-order valence-corrected chi connectivity index (χ1v) is 11.4. The first-order chi connectivity index (χ1) is 15.7. The lowest BCUT2D eigenvalue weighted by Gasteiger charge is -2.21. The molecule has 3 nitrogen and oxygen atoms in total. The van der Waals surface area contributed by atoms with Gasteiger partial charge in [0.15, 0.2) is 0 Å². The molecule has 1 heterocycles. The largest absolute Gasteiger partial charge is 0.348 e. The van der Waals surface area contributed by atoms with Crippen LogP contribution in [0.4, 0.5) is 0 Å². The monoisotopic (exact) mass is 420 g/mol. The van der Waals surface area contributed by atoms with E-state index in [4.69, 9.17) is 0 Å². The second-order valence-corrected chi connectivity index (χ2v) is 8.77. The third-order valence-electron chi connectivity index (χ3n) is 6.39. The van der Waals surface area contributed by atoms with Crippen molar-refractivity contribution in [2.45, 2.75) is 32.7 Å². The van der Waals surface area contributed by atoms with Gasteiger partial charge in [0.2, 0.25) is 0 Å². The summed E-state index contributed by atoms with van der Waals surface area (Å²) in [5, 5.41) is 3.02. The standard InChI is InChI=1S/C29H28N2O/c1-21-12-17-27-25(18-21)19-28(23-10-6-3-7-11-23)31(27)26-15-13-24(14-16-26)29(32)30-20-22-8-4-2-5-9-22/h2-11,13-16,19,21H,12,17-18,20H2,1H3,(H,30,32). The quantitative estimate of drug-likeness (QED) is 0.410. The van der Waals surface area contributed by atoms with Crippen LogP contribution in [-0.4, -0.2) is 10.5 Å². The smallest absolute Gasteiger partial charge is 0.251 e. The van der Waals surface area contributed by atoms with Gasteiger partial charge in [0.25, 0.3) is 5.91 Å². The number of benzene rings is 3. The second kappa shape index (κ2) is 8.88. The average molecular weight is 421 g/mol. The van der Waals surface area contributed by atoms with Gasteiger partial charge in [0, 0.05) is 23.5 Å². The fourth-order valence-corrected chi connectivity index (χ4v) is 4.67. The van der Waals surface area contributed by atoms with Crippen molar-refractivity contribution in [3.05, 3.63) is 113 Å². The van der Waals surface area contributed by atoms with Crippen LogP contribution in [0.2, 0.25) is 0 Å². The molecular formula is C29H28N2O. The molecule has 0 saturated heterocycles. The average Bonchev–Trinajstić information content (AvgIpc) is 3.22. The number of hydrogen-bond acceptors (Lipinski definition) is 1. The molecule has 1 unspecified atom stereocenters. The minimum absolute atomic E-state index is 0.0490. The van der Waals surface area contributed by atoms with Crippen molar-refractivity contribution < 1.29 is 4.79 Å². The van der Waals surface area contributed by atoms with Gasteiger partial charge in [-0.2, -0.15) is 0 Å². The summed E-state index contributed by atoms with van der Waals surface area (Å²) in [6, 6.07) is 30.9. The summed E-state index contributed by atoms with van der Waals surface area (Å²) in [7, 11) is 0. The lowest BCUT2D eigenvalue weighted by molar-refractivity contribution is 0.0951. The Morgan fingerprint density at radius 1 is 0.938 bits per heavy atom. The van der Waals surface area contributed by atoms with Gasteiger partial charge in [-0.15, -0.1) is 0 Å². The van der Waals surface area contributed by atoms with Gasteiger partial charge in [0.1, 0.15) is 0 Å². The highest BCUT2D eigenvalue weighted by Gasteiger charge is 2.23. The number of nitrogens with one attached hydrogen (secondary N) is 1. The van der Waals surface area contributed by atoms with Crippen LogP contribution in [-0.2, 0) is 19.4 Å². The second-order valence-electron chi connectivity index (χ2n) is 8.77. The molecule has 0 spiro atoms. The number of carbonyl (C=O) groups is 1. The van der Waals surface area contributed by atoms with Gasteiger partial charge in [-0.05, 0) is 72.2 Å². The molecule has 3 heteroatoms. The van der Waals surface area contributed by atoms with Crippen molar-refractivity contribution in [3.63, 3.8) is 0 Å². The molecule has 0 fully saturated rings. The van der Waals surface area contributed by atoms with Gasteiger partial charge in [0.05, 0.1) is 5.69 Å². The fourth-order valence-electron chi connectivity index (χ4n) is 4.67. The predicted octanol–water partition coefficient (Wildman–Crippen LogP) is 6.20. The fraction of sp³-hybridized carbons (Fsp3) is 0.207. The molecular weight excluding hydrogens is 392 g/mol. The van der Waals surface area contributed by atoms with Gasteiger partial charge in [-0.1, -0.05) is 67.6 Å². The molecule has 0 saturated carbocycles. The van der Waals surface area contributed by atoms with Crippen molar-refractivity contribution in [1.29, 1.82) is 0 Å². The predicted molar refractivity (Wildman–Crippen MR) is 130 cm³/mol. The Morgan fingerprint density at radius 3 is 2.34 bits per heavy atom. The normalized spacial score (nSPS) is 15.2. The molecule has 5 rings (SSSR count). The summed E-state index contributed by atoms with van der Waals surface area (Å²) in [5.74, 6) is 0.671. The number of rotatable bonds is 5. The van der Waals surface area contributed by atoms with Gasteiger partial charge in [-0.3, -0.25) is 4.79 Å². The van der Waals surface area contributed by atoms with Crippen molar-refractivity contribution in [3.8, 4) is 16.9 Å². The van der Waals surface area contributed by atoms with E-state index in [1.807, 2.05) is 42.5 Å². The zero-order valence-electron chi connectivity index (χ0n) is 18.4. The number of amides is 1. The van der Waals surface area contributed by atoms with E-state index in [2.05, 4.69) is 65.3 Å². The lowest BCUT2D eigenvalue weighted by Crippen LogP contribution is -2.22. The van der Waals surface area contributed by atoms with E-state index in [1.165, 1.54) is 28.9 Å². The SMILES string of the molecule is CC1CCc2c(cc(-c3ccccc3)n2-c2ccc(C(=O)NCc3ccccc3)cc2)C1. The number of nitrogens with zero attached hydrogens (tertiary/aromatic N) is 1. The lowest BCUT2D eigenvalue weighted by atomic mass is 9.89. The number of aromatic nitrogens is 1. The Hall–Kier alpha value is -3.59. The number of hydrogen-bond donors (Lipinski definition) is 1. The van der Waals surface area contributed by atoms with Gasteiger partial charge < -0.3 is 9.88 Å². The highest BCUT2D eigenvalue weighted by Crippen LogP contribution is 2.35. The maximum absolute atomic E-state index is 12.7. The van der Waals surface area contributed by atoms with Crippen LogP contribution in [0.3, 0.4) is 0 Å². The van der Waals surface area contributed by atoms with Crippen LogP contribution >= 0.6 is 0 Å². The topological polar surface area (TPSA) is 34.0 Å². The molecule has 1 aromatic heterocycles. The molecule has 3 aromatic carbocycles. The molecule has 0 aliphatic heterocycles. The van der Waals surface area contributed by atoms with E-state index in [0.717, 1.165) is 30.0 Å². The van der Waals surface area contributed by atoms with E-state index < -0.39 is 0 Å². The highest BCUT2D eigenvalue weighted by atomic mass is 16.1. The Balaban J connectivity index is 1.44. The van der Waals surface area contributed by atoms with Crippen molar-refractivity contribution in [2.75, 3.05) is 0 Å². The molecule has 160 valence electrons. The summed E-state index contributed by atoms with van der Waals surface area (Å²) in [5.41, 5.74) is 8.19. The third kappa shape index (κ3) is 4.11. The van der Waals surface area contributed by atoms with E-state index in [9.17, 15) is 4.79 Å². The minimum Gasteiger partial charge on any atom is -0.348 e. The van der Waals surface area contributed by atoms with Crippen LogP contribution in [0.5, 0.6) is 0 Å². The third-order valence-corrected chi connectivity index (χ3v) is 6.39. The molecule has 1 atom stereocenters. The van der Waals surface area contributed by atoms with Crippen molar-refractivity contribution in [1.82, 2.24) is 9.88 Å². The van der Waals surface area contributed by atoms with Crippen LogP contribution in [0.25, 0.3) is 16.9 Å². The number of carbonyl (C=O) groups excluding carboxylic acids is 1.